The van der Waals surface area contributed by atoms with E-state index in [0.29, 0.717) is 18.1 Å². The number of rotatable bonds is 5. The zero-order valence-corrected chi connectivity index (χ0v) is 13.7. The Balaban J connectivity index is 1.58. The van der Waals surface area contributed by atoms with Gasteiger partial charge in [-0.15, -0.1) is 0 Å². The third kappa shape index (κ3) is 4.06. The Morgan fingerprint density at radius 2 is 1.92 bits per heavy atom. The SMILES string of the molecule is CCOC(=O)c1cccc(C(=O)NCC2COc3ccccc3O2)n1. The van der Waals surface area contributed by atoms with E-state index in [1.165, 1.54) is 12.1 Å². The summed E-state index contributed by atoms with van der Waals surface area (Å²) in [5.41, 5.74) is 0.239. The molecule has 1 N–H and O–H groups in total. The van der Waals surface area contributed by atoms with Crippen LogP contribution in [0.5, 0.6) is 11.5 Å². The number of hydrogen-bond acceptors (Lipinski definition) is 6. The number of para-hydroxylation sites is 2. The van der Waals surface area contributed by atoms with Crippen molar-refractivity contribution in [2.75, 3.05) is 19.8 Å². The van der Waals surface area contributed by atoms with Crippen molar-refractivity contribution in [1.82, 2.24) is 10.3 Å². The number of aromatic nitrogens is 1. The van der Waals surface area contributed by atoms with Crippen molar-refractivity contribution in [3.05, 3.63) is 53.9 Å². The van der Waals surface area contributed by atoms with Crippen molar-refractivity contribution in [2.45, 2.75) is 13.0 Å². The molecule has 25 heavy (non-hydrogen) atoms. The number of ether oxygens (including phenoxy) is 3. The smallest absolute Gasteiger partial charge is 0.356 e. The second-order valence-electron chi connectivity index (χ2n) is 5.34. The van der Waals surface area contributed by atoms with Gasteiger partial charge in [-0.1, -0.05) is 18.2 Å². The van der Waals surface area contributed by atoms with E-state index in [4.69, 9.17) is 14.2 Å². The molecule has 0 saturated heterocycles. The van der Waals surface area contributed by atoms with Crippen LogP contribution < -0.4 is 14.8 Å². The molecule has 0 radical (unpaired) electrons. The van der Waals surface area contributed by atoms with E-state index in [2.05, 4.69) is 10.3 Å². The number of esters is 1. The second kappa shape index (κ2) is 7.65. The van der Waals surface area contributed by atoms with E-state index in [1.807, 2.05) is 24.3 Å². The molecular formula is C18H18N2O5. The number of fused-ring (bicyclic) bond motifs is 1. The fourth-order valence-corrected chi connectivity index (χ4v) is 2.34. The number of nitrogens with one attached hydrogen (secondary N) is 1. The minimum atomic E-state index is -0.558. The Morgan fingerprint density at radius 1 is 1.16 bits per heavy atom. The van der Waals surface area contributed by atoms with E-state index in [1.54, 1.807) is 13.0 Å². The van der Waals surface area contributed by atoms with Crippen molar-refractivity contribution in [1.29, 1.82) is 0 Å². The molecule has 7 heteroatoms. The highest BCUT2D eigenvalue weighted by Gasteiger charge is 2.21. The molecule has 1 amide bonds. The number of carbonyl (C=O) groups is 2. The number of hydrogen-bond donors (Lipinski definition) is 1. The fraction of sp³-hybridized carbons (Fsp3) is 0.278. The molecule has 1 aliphatic rings. The summed E-state index contributed by atoms with van der Waals surface area (Å²) in [6.07, 6.45) is -0.299. The molecule has 0 spiro atoms. The highest BCUT2D eigenvalue weighted by molar-refractivity contribution is 5.94. The van der Waals surface area contributed by atoms with Gasteiger partial charge in [0.25, 0.3) is 5.91 Å². The average molecular weight is 342 g/mol. The van der Waals surface area contributed by atoms with Gasteiger partial charge >= 0.3 is 5.97 Å². The Bertz CT molecular complexity index is 778. The first kappa shape index (κ1) is 16.8. The monoisotopic (exact) mass is 342 g/mol. The standard InChI is InChI=1S/C18H18N2O5/c1-2-23-18(22)14-7-5-6-13(20-14)17(21)19-10-12-11-24-15-8-3-4-9-16(15)25-12/h3-9,12H,2,10-11H2,1H3,(H,19,21). The van der Waals surface area contributed by atoms with E-state index in [0.717, 1.165) is 0 Å². The summed E-state index contributed by atoms with van der Waals surface area (Å²) >= 11 is 0. The van der Waals surface area contributed by atoms with Gasteiger partial charge < -0.3 is 19.5 Å². The quantitative estimate of drug-likeness (QED) is 0.834. The van der Waals surface area contributed by atoms with Crippen LogP contribution in [0.4, 0.5) is 0 Å². The second-order valence-corrected chi connectivity index (χ2v) is 5.34. The minimum Gasteiger partial charge on any atom is -0.486 e. The number of pyridine rings is 1. The molecule has 7 nitrogen and oxygen atoms in total. The summed E-state index contributed by atoms with van der Waals surface area (Å²) < 4.78 is 16.3. The lowest BCUT2D eigenvalue weighted by Gasteiger charge is -2.26. The van der Waals surface area contributed by atoms with Gasteiger partial charge in [-0.05, 0) is 31.2 Å². The van der Waals surface area contributed by atoms with Crippen LogP contribution in [-0.4, -0.2) is 42.7 Å². The molecule has 1 aromatic carbocycles. The number of nitrogens with zero attached hydrogens (tertiary/aromatic N) is 1. The van der Waals surface area contributed by atoms with Crippen LogP contribution in [-0.2, 0) is 4.74 Å². The maximum atomic E-state index is 12.2. The number of benzene rings is 1. The molecule has 2 aromatic rings. The van der Waals surface area contributed by atoms with Crippen molar-refractivity contribution in [3.8, 4) is 11.5 Å². The van der Waals surface area contributed by atoms with Crippen LogP contribution in [0.1, 0.15) is 27.9 Å². The number of amides is 1. The van der Waals surface area contributed by atoms with Crippen molar-refractivity contribution >= 4 is 11.9 Å². The molecular weight excluding hydrogens is 324 g/mol. The molecule has 1 aromatic heterocycles. The van der Waals surface area contributed by atoms with Crippen LogP contribution in [0.2, 0.25) is 0 Å². The van der Waals surface area contributed by atoms with Gasteiger partial charge in [0.15, 0.2) is 11.5 Å². The third-order valence-corrected chi connectivity index (χ3v) is 3.52. The predicted octanol–water partition coefficient (Wildman–Crippen LogP) is 1.83. The first-order valence-electron chi connectivity index (χ1n) is 7.98. The molecule has 2 heterocycles. The summed E-state index contributed by atoms with van der Waals surface area (Å²) in [4.78, 5) is 28.0. The minimum absolute atomic E-state index is 0.0978. The Kier molecular flexibility index (Phi) is 5.13. The average Bonchev–Trinajstić information content (AvgIpc) is 2.66. The largest absolute Gasteiger partial charge is 0.486 e. The molecule has 3 rings (SSSR count). The molecule has 1 atom stereocenters. The summed E-state index contributed by atoms with van der Waals surface area (Å²) in [5.74, 6) is 0.385. The molecule has 0 saturated carbocycles. The van der Waals surface area contributed by atoms with E-state index < -0.39 is 11.9 Å². The van der Waals surface area contributed by atoms with Crippen LogP contribution in [0.3, 0.4) is 0 Å². The normalized spacial score (nSPS) is 15.3. The molecule has 0 bridgehead atoms. The predicted molar refractivity (Wildman–Crippen MR) is 88.9 cm³/mol. The van der Waals surface area contributed by atoms with E-state index >= 15 is 0 Å². The molecule has 130 valence electrons. The highest BCUT2D eigenvalue weighted by Crippen LogP contribution is 2.30. The Labute approximate surface area is 144 Å². The molecule has 0 fully saturated rings. The van der Waals surface area contributed by atoms with Crippen LogP contribution in [0.25, 0.3) is 0 Å². The van der Waals surface area contributed by atoms with Crippen LogP contribution in [0, 0.1) is 0 Å². The van der Waals surface area contributed by atoms with Gasteiger partial charge in [0, 0.05) is 0 Å². The van der Waals surface area contributed by atoms with Gasteiger partial charge in [-0.25, -0.2) is 9.78 Å². The van der Waals surface area contributed by atoms with Crippen molar-refractivity contribution in [3.63, 3.8) is 0 Å². The van der Waals surface area contributed by atoms with Gasteiger partial charge in [0.1, 0.15) is 24.1 Å². The molecule has 1 aliphatic heterocycles. The highest BCUT2D eigenvalue weighted by atomic mass is 16.6. The van der Waals surface area contributed by atoms with Gasteiger partial charge in [0.05, 0.1) is 13.2 Å². The molecule has 1 unspecified atom stereocenters. The summed E-state index contributed by atoms with van der Waals surface area (Å²) in [7, 11) is 0. The first-order valence-corrected chi connectivity index (χ1v) is 7.98. The van der Waals surface area contributed by atoms with Gasteiger partial charge in [-0.3, -0.25) is 4.79 Å². The lowest BCUT2D eigenvalue weighted by Crippen LogP contribution is -2.41. The maximum Gasteiger partial charge on any atom is 0.356 e. The lowest BCUT2D eigenvalue weighted by atomic mass is 10.2. The van der Waals surface area contributed by atoms with E-state index in [9.17, 15) is 9.59 Å². The van der Waals surface area contributed by atoms with Crippen LogP contribution in [0.15, 0.2) is 42.5 Å². The van der Waals surface area contributed by atoms with Crippen molar-refractivity contribution < 1.29 is 23.8 Å². The fourth-order valence-electron chi connectivity index (χ4n) is 2.34. The summed E-state index contributed by atoms with van der Waals surface area (Å²) in [6.45, 7) is 2.56. The molecule has 0 aliphatic carbocycles. The summed E-state index contributed by atoms with van der Waals surface area (Å²) in [5, 5.41) is 2.74. The van der Waals surface area contributed by atoms with Gasteiger partial charge in [0.2, 0.25) is 0 Å². The van der Waals surface area contributed by atoms with Crippen LogP contribution >= 0.6 is 0 Å². The summed E-state index contributed by atoms with van der Waals surface area (Å²) in [6, 6.07) is 12.0. The zero-order chi connectivity index (χ0) is 17.6. The Hall–Kier alpha value is -3.09. The lowest BCUT2D eigenvalue weighted by molar-refractivity contribution is 0.0519. The third-order valence-electron chi connectivity index (χ3n) is 3.52. The van der Waals surface area contributed by atoms with Gasteiger partial charge in [-0.2, -0.15) is 0 Å². The number of carbonyl (C=O) groups excluding carboxylic acids is 2. The van der Waals surface area contributed by atoms with E-state index in [-0.39, 0.29) is 30.6 Å². The van der Waals surface area contributed by atoms with Crippen molar-refractivity contribution in [2.24, 2.45) is 0 Å². The first-order chi connectivity index (χ1) is 12.2. The maximum absolute atomic E-state index is 12.2. The topological polar surface area (TPSA) is 86.8 Å². The Morgan fingerprint density at radius 3 is 2.72 bits per heavy atom. The zero-order valence-electron chi connectivity index (χ0n) is 13.7.